The van der Waals surface area contributed by atoms with Crippen molar-refractivity contribution in [1.82, 2.24) is 10.6 Å². The smallest absolute Gasteiger partial charge is 0.224 e. The predicted octanol–water partition coefficient (Wildman–Crippen LogP) is 2.16. The van der Waals surface area contributed by atoms with E-state index in [2.05, 4.69) is 16.7 Å². The first kappa shape index (κ1) is 18.5. The third-order valence-electron chi connectivity index (χ3n) is 4.46. The maximum Gasteiger partial charge on any atom is 0.224 e. The molecule has 1 amide bonds. The van der Waals surface area contributed by atoms with E-state index in [9.17, 15) is 17.6 Å². The van der Waals surface area contributed by atoms with Crippen molar-refractivity contribution in [2.45, 2.75) is 31.5 Å². The number of rotatable bonds is 6. The summed E-state index contributed by atoms with van der Waals surface area (Å²) >= 11 is 0. The minimum absolute atomic E-state index is 0.0182. The van der Waals surface area contributed by atoms with Crippen LogP contribution in [-0.4, -0.2) is 20.1 Å². The molecule has 2 N–H and O–H groups in total. The van der Waals surface area contributed by atoms with Gasteiger partial charge in [0.05, 0.1) is 10.6 Å². The molecule has 1 heterocycles. The van der Waals surface area contributed by atoms with Crippen LogP contribution < -0.4 is 10.6 Å². The van der Waals surface area contributed by atoms with Gasteiger partial charge in [-0.05, 0) is 41.0 Å². The standard InChI is InChI=1S/C19H21FN2O3S/c1-13(12-26(24,25)18-6-4-17(20)5-7-18)19(23)22-9-14-2-3-15-10-21-11-16(15)8-14/h2-8,13,21H,9-12H2,1H3,(H,22,23). The molecule has 0 bridgehead atoms. The Hall–Kier alpha value is -2.25. The fourth-order valence-corrected chi connectivity index (χ4v) is 4.52. The molecule has 1 aliphatic rings. The van der Waals surface area contributed by atoms with Gasteiger partial charge in [-0.2, -0.15) is 0 Å². The largest absolute Gasteiger partial charge is 0.352 e. The zero-order chi connectivity index (χ0) is 18.7. The first-order valence-electron chi connectivity index (χ1n) is 8.42. The van der Waals surface area contributed by atoms with E-state index >= 15 is 0 Å². The lowest BCUT2D eigenvalue weighted by Gasteiger charge is -2.13. The highest BCUT2D eigenvalue weighted by Gasteiger charge is 2.23. The van der Waals surface area contributed by atoms with Crippen molar-refractivity contribution >= 4 is 15.7 Å². The quantitative estimate of drug-likeness (QED) is 0.758. The van der Waals surface area contributed by atoms with Gasteiger partial charge in [0.25, 0.3) is 0 Å². The lowest BCUT2D eigenvalue weighted by molar-refractivity contribution is -0.124. The number of sulfone groups is 1. The van der Waals surface area contributed by atoms with Gasteiger partial charge in [-0.25, -0.2) is 12.8 Å². The van der Waals surface area contributed by atoms with Gasteiger partial charge >= 0.3 is 0 Å². The fraction of sp³-hybridized carbons (Fsp3) is 0.316. The summed E-state index contributed by atoms with van der Waals surface area (Å²) < 4.78 is 37.6. The second-order valence-corrected chi connectivity index (χ2v) is 8.60. The molecule has 1 unspecified atom stereocenters. The summed E-state index contributed by atoms with van der Waals surface area (Å²) in [5.41, 5.74) is 3.47. The molecule has 1 aliphatic heterocycles. The highest BCUT2D eigenvalue weighted by Crippen LogP contribution is 2.18. The maximum atomic E-state index is 12.9. The van der Waals surface area contributed by atoms with Crippen LogP contribution >= 0.6 is 0 Å². The molecular weight excluding hydrogens is 355 g/mol. The van der Waals surface area contributed by atoms with E-state index < -0.39 is 21.6 Å². The average molecular weight is 376 g/mol. The van der Waals surface area contributed by atoms with Gasteiger partial charge in [0.15, 0.2) is 9.84 Å². The lowest BCUT2D eigenvalue weighted by atomic mass is 10.1. The first-order chi connectivity index (χ1) is 12.3. The van der Waals surface area contributed by atoms with Crippen molar-refractivity contribution in [3.63, 3.8) is 0 Å². The van der Waals surface area contributed by atoms with E-state index in [4.69, 9.17) is 0 Å². The van der Waals surface area contributed by atoms with Gasteiger partial charge in [-0.15, -0.1) is 0 Å². The lowest BCUT2D eigenvalue weighted by Crippen LogP contribution is -2.32. The van der Waals surface area contributed by atoms with Crippen molar-refractivity contribution in [2.75, 3.05) is 5.75 Å². The normalized spacial score (nSPS) is 14.7. The zero-order valence-corrected chi connectivity index (χ0v) is 15.3. The number of hydrogen-bond acceptors (Lipinski definition) is 4. The molecule has 0 saturated heterocycles. The third-order valence-corrected chi connectivity index (χ3v) is 6.39. The van der Waals surface area contributed by atoms with Gasteiger partial charge in [0.1, 0.15) is 5.82 Å². The maximum absolute atomic E-state index is 12.9. The van der Waals surface area contributed by atoms with Crippen molar-refractivity contribution in [3.8, 4) is 0 Å². The van der Waals surface area contributed by atoms with Crippen molar-refractivity contribution in [3.05, 3.63) is 65.0 Å². The fourth-order valence-electron chi connectivity index (χ4n) is 2.96. The van der Waals surface area contributed by atoms with Crippen molar-refractivity contribution in [2.24, 2.45) is 5.92 Å². The summed E-state index contributed by atoms with van der Waals surface area (Å²) in [6.07, 6.45) is 0. The molecule has 3 rings (SSSR count). The molecule has 2 aromatic rings. The Balaban J connectivity index is 1.58. The number of amides is 1. The van der Waals surface area contributed by atoms with Crippen LogP contribution in [0.1, 0.15) is 23.6 Å². The summed E-state index contributed by atoms with van der Waals surface area (Å²) in [5.74, 6) is -1.85. The molecule has 7 heteroatoms. The first-order valence-corrected chi connectivity index (χ1v) is 10.1. The molecule has 138 valence electrons. The second-order valence-electron chi connectivity index (χ2n) is 6.56. The summed E-state index contributed by atoms with van der Waals surface area (Å²) in [4.78, 5) is 12.3. The van der Waals surface area contributed by atoms with E-state index in [0.717, 1.165) is 30.8 Å². The highest BCUT2D eigenvalue weighted by atomic mass is 32.2. The Morgan fingerprint density at radius 3 is 2.58 bits per heavy atom. The molecule has 2 aromatic carbocycles. The molecule has 0 saturated carbocycles. The van der Waals surface area contributed by atoms with Crippen LogP contribution in [0.5, 0.6) is 0 Å². The molecule has 5 nitrogen and oxygen atoms in total. The molecule has 0 radical (unpaired) electrons. The van der Waals surface area contributed by atoms with E-state index in [0.29, 0.717) is 6.54 Å². The summed E-state index contributed by atoms with van der Waals surface area (Å²) in [7, 11) is -3.65. The minimum atomic E-state index is -3.65. The van der Waals surface area contributed by atoms with Crippen LogP contribution in [0, 0.1) is 11.7 Å². The average Bonchev–Trinajstić information content (AvgIpc) is 3.07. The molecule has 0 spiro atoms. The Morgan fingerprint density at radius 1 is 1.15 bits per heavy atom. The number of fused-ring (bicyclic) bond motifs is 1. The number of nitrogens with one attached hydrogen (secondary N) is 2. The molecule has 0 fully saturated rings. The van der Waals surface area contributed by atoms with Gasteiger partial charge < -0.3 is 10.6 Å². The van der Waals surface area contributed by atoms with E-state index in [1.165, 1.54) is 23.3 Å². The second kappa shape index (κ2) is 7.55. The predicted molar refractivity (Wildman–Crippen MR) is 96.4 cm³/mol. The van der Waals surface area contributed by atoms with E-state index in [1.807, 2.05) is 12.1 Å². The van der Waals surface area contributed by atoms with Crippen LogP contribution in [0.3, 0.4) is 0 Å². The van der Waals surface area contributed by atoms with Crippen LogP contribution in [-0.2, 0) is 34.3 Å². The van der Waals surface area contributed by atoms with Gasteiger partial charge in [0.2, 0.25) is 5.91 Å². The number of benzene rings is 2. The Morgan fingerprint density at radius 2 is 1.85 bits per heavy atom. The highest BCUT2D eigenvalue weighted by molar-refractivity contribution is 7.91. The zero-order valence-electron chi connectivity index (χ0n) is 14.5. The van der Waals surface area contributed by atoms with E-state index in [1.54, 1.807) is 6.92 Å². The Bertz CT molecular complexity index is 911. The SMILES string of the molecule is CC(CS(=O)(=O)c1ccc(F)cc1)C(=O)NCc1ccc2c(c1)CNC2. The minimum Gasteiger partial charge on any atom is -0.352 e. The van der Waals surface area contributed by atoms with Crippen molar-refractivity contribution < 1.29 is 17.6 Å². The molecule has 0 aromatic heterocycles. The third kappa shape index (κ3) is 4.28. The molecule has 0 aliphatic carbocycles. The summed E-state index contributed by atoms with van der Waals surface area (Å²) in [6, 6.07) is 10.7. The van der Waals surface area contributed by atoms with Gasteiger partial charge in [0, 0.05) is 25.6 Å². The Labute approximate surface area is 152 Å². The number of halogens is 1. The molecular formula is C19H21FN2O3S. The number of carbonyl (C=O) groups is 1. The monoisotopic (exact) mass is 376 g/mol. The van der Waals surface area contributed by atoms with Crippen molar-refractivity contribution in [1.29, 1.82) is 0 Å². The van der Waals surface area contributed by atoms with Gasteiger partial charge in [-0.3, -0.25) is 4.79 Å². The topological polar surface area (TPSA) is 75.3 Å². The summed E-state index contributed by atoms with van der Waals surface area (Å²) in [5, 5.41) is 6.05. The van der Waals surface area contributed by atoms with E-state index in [-0.39, 0.29) is 16.6 Å². The van der Waals surface area contributed by atoms with Crippen LogP contribution in [0.4, 0.5) is 4.39 Å². The molecule has 26 heavy (non-hydrogen) atoms. The van der Waals surface area contributed by atoms with Crippen LogP contribution in [0.25, 0.3) is 0 Å². The number of hydrogen-bond donors (Lipinski definition) is 2. The summed E-state index contributed by atoms with van der Waals surface area (Å²) in [6.45, 7) is 3.61. The van der Waals surface area contributed by atoms with Gasteiger partial charge in [-0.1, -0.05) is 25.1 Å². The van der Waals surface area contributed by atoms with Crippen LogP contribution in [0.15, 0.2) is 47.4 Å². The number of carbonyl (C=O) groups excluding carboxylic acids is 1. The molecule has 1 atom stereocenters. The Kier molecular flexibility index (Phi) is 5.38. The van der Waals surface area contributed by atoms with Crippen LogP contribution in [0.2, 0.25) is 0 Å².